The minimum Gasteiger partial charge on any atom is -0.256 e. The van der Waals surface area contributed by atoms with E-state index in [0.717, 1.165) is 5.52 Å². The summed E-state index contributed by atoms with van der Waals surface area (Å²) < 4.78 is 0. The Kier molecular flexibility index (Phi) is 6.45. The van der Waals surface area contributed by atoms with Crippen LogP contribution in [0.5, 0.6) is 0 Å². The van der Waals surface area contributed by atoms with E-state index in [1.54, 1.807) is 18.5 Å². The summed E-state index contributed by atoms with van der Waals surface area (Å²) in [4.78, 5) is 11.5. The van der Waals surface area contributed by atoms with Crippen LogP contribution in [0.4, 0.5) is 0 Å². The van der Waals surface area contributed by atoms with E-state index in [1.807, 2.05) is 30.5 Å². The topological polar surface area (TPSA) is 38.7 Å². The van der Waals surface area contributed by atoms with Crippen molar-refractivity contribution in [1.82, 2.24) is 15.0 Å². The summed E-state index contributed by atoms with van der Waals surface area (Å²) in [5.41, 5.74) is 1.06. The lowest BCUT2D eigenvalue weighted by molar-refractivity contribution is 1.17. The molecule has 3 aromatic rings. The highest BCUT2D eigenvalue weighted by molar-refractivity contribution is 5.77. The third-order valence-corrected chi connectivity index (χ3v) is 1.99. The summed E-state index contributed by atoms with van der Waals surface area (Å²) >= 11 is 0. The molecule has 3 rings (SSSR count). The number of pyridine rings is 1. The first kappa shape index (κ1) is 13.5. The Morgan fingerprint density at radius 3 is 1.94 bits per heavy atom. The molecular weight excluding hydrogens is 222 g/mol. The van der Waals surface area contributed by atoms with E-state index in [-0.39, 0.29) is 0 Å². The van der Waals surface area contributed by atoms with Crippen LogP contribution in [0.25, 0.3) is 10.9 Å². The van der Waals surface area contributed by atoms with Crippen molar-refractivity contribution in [3.63, 3.8) is 0 Å². The van der Waals surface area contributed by atoms with Gasteiger partial charge in [-0.15, -0.1) is 13.2 Å². The lowest BCUT2D eigenvalue weighted by Gasteiger charge is -1.91. The molecule has 0 fully saturated rings. The monoisotopic (exact) mass is 237 g/mol. The van der Waals surface area contributed by atoms with E-state index in [9.17, 15) is 0 Å². The van der Waals surface area contributed by atoms with E-state index < -0.39 is 0 Å². The van der Waals surface area contributed by atoms with Crippen LogP contribution in [0, 0.1) is 0 Å². The first-order chi connectivity index (χ1) is 8.97. The lowest BCUT2D eigenvalue weighted by atomic mass is 10.2. The normalized spacial score (nSPS) is 8.44. The molecule has 3 nitrogen and oxygen atoms in total. The van der Waals surface area contributed by atoms with Crippen molar-refractivity contribution in [3.8, 4) is 0 Å². The van der Waals surface area contributed by atoms with Gasteiger partial charge in [-0.3, -0.25) is 4.98 Å². The van der Waals surface area contributed by atoms with Crippen LogP contribution in [-0.4, -0.2) is 15.0 Å². The summed E-state index contributed by atoms with van der Waals surface area (Å²) in [6, 6.07) is 13.9. The first-order valence-corrected chi connectivity index (χ1v) is 5.46. The molecule has 0 aliphatic heterocycles. The molecule has 18 heavy (non-hydrogen) atoms. The predicted molar refractivity (Wildman–Crippen MR) is 75.0 cm³/mol. The maximum Gasteiger partial charge on any atom is 0.115 e. The molecule has 0 saturated heterocycles. The van der Waals surface area contributed by atoms with Crippen LogP contribution in [0.3, 0.4) is 0 Å². The summed E-state index contributed by atoms with van der Waals surface area (Å²) in [6.45, 7) is 6.00. The average Bonchev–Trinajstić information content (AvgIpc) is 2.52. The second-order valence-corrected chi connectivity index (χ2v) is 3.10. The van der Waals surface area contributed by atoms with Gasteiger partial charge in [-0.2, -0.15) is 0 Å². The fraction of sp³-hybridized carbons (Fsp3) is 0. The number of hydrogen-bond donors (Lipinski definition) is 0. The minimum atomic E-state index is 1.06. The molecule has 0 radical (unpaired) electrons. The molecule has 0 aliphatic carbocycles. The van der Waals surface area contributed by atoms with Gasteiger partial charge in [-0.1, -0.05) is 24.3 Å². The summed E-state index contributed by atoms with van der Waals surface area (Å²) in [5.74, 6) is 0. The number of benzene rings is 1. The minimum absolute atomic E-state index is 1.06. The zero-order valence-electron chi connectivity index (χ0n) is 10.1. The highest BCUT2D eigenvalue weighted by Gasteiger charge is 1.86. The Bertz CT molecular complexity index is 460. The van der Waals surface area contributed by atoms with E-state index >= 15 is 0 Å². The van der Waals surface area contributed by atoms with Crippen molar-refractivity contribution in [1.29, 1.82) is 0 Å². The van der Waals surface area contributed by atoms with Gasteiger partial charge in [0.05, 0.1) is 5.52 Å². The maximum atomic E-state index is 4.18. The smallest absolute Gasteiger partial charge is 0.115 e. The maximum absolute atomic E-state index is 4.18. The highest BCUT2D eigenvalue weighted by atomic mass is 14.8. The molecule has 3 heteroatoms. The SMILES string of the molecule is C=C.c1ccc2ncccc2c1.c1cncnc1. The van der Waals surface area contributed by atoms with Crippen LogP contribution in [0.1, 0.15) is 0 Å². The van der Waals surface area contributed by atoms with E-state index in [1.165, 1.54) is 11.7 Å². The largest absolute Gasteiger partial charge is 0.256 e. The van der Waals surface area contributed by atoms with Crippen LogP contribution in [0.15, 0.2) is 80.5 Å². The van der Waals surface area contributed by atoms with E-state index in [0.29, 0.717) is 0 Å². The van der Waals surface area contributed by atoms with Crippen molar-refractivity contribution < 1.29 is 0 Å². The fourth-order valence-electron chi connectivity index (χ4n) is 1.27. The molecule has 1 aromatic carbocycles. The van der Waals surface area contributed by atoms with Crippen LogP contribution in [-0.2, 0) is 0 Å². The van der Waals surface area contributed by atoms with Crippen molar-refractivity contribution in [2.24, 2.45) is 0 Å². The molecule has 0 atom stereocenters. The molecule has 90 valence electrons. The van der Waals surface area contributed by atoms with Gasteiger partial charge < -0.3 is 0 Å². The molecule has 0 amide bonds. The third-order valence-electron chi connectivity index (χ3n) is 1.99. The van der Waals surface area contributed by atoms with Crippen molar-refractivity contribution >= 4 is 10.9 Å². The van der Waals surface area contributed by atoms with Gasteiger partial charge in [-0.25, -0.2) is 9.97 Å². The van der Waals surface area contributed by atoms with Crippen molar-refractivity contribution in [2.45, 2.75) is 0 Å². The van der Waals surface area contributed by atoms with Crippen LogP contribution < -0.4 is 0 Å². The zero-order valence-corrected chi connectivity index (χ0v) is 10.1. The summed E-state index contributed by atoms with van der Waals surface area (Å²) in [6.07, 6.45) is 6.68. The number of rotatable bonds is 0. The number of para-hydroxylation sites is 1. The second-order valence-electron chi connectivity index (χ2n) is 3.10. The summed E-state index contributed by atoms with van der Waals surface area (Å²) in [7, 11) is 0. The van der Waals surface area contributed by atoms with Gasteiger partial charge in [0.25, 0.3) is 0 Å². The Hall–Kier alpha value is -2.55. The Morgan fingerprint density at radius 2 is 1.39 bits per heavy atom. The zero-order chi connectivity index (χ0) is 13.1. The molecule has 0 bridgehead atoms. The fourth-order valence-corrected chi connectivity index (χ4v) is 1.27. The molecule has 0 spiro atoms. The second kappa shape index (κ2) is 8.58. The number of aromatic nitrogens is 3. The predicted octanol–water partition coefficient (Wildman–Crippen LogP) is 3.51. The number of nitrogens with zero attached hydrogens (tertiary/aromatic N) is 3. The van der Waals surface area contributed by atoms with Crippen LogP contribution in [0.2, 0.25) is 0 Å². The summed E-state index contributed by atoms with van der Waals surface area (Å²) in [5, 5.41) is 1.20. The highest BCUT2D eigenvalue weighted by Crippen LogP contribution is 2.07. The standard InChI is InChI=1S/C9H7N.C4H4N2.C2H4/c1-2-6-9-8(4-1)5-3-7-10-9;1-2-5-4-6-3-1;1-2/h1-7H;1-4H;1-2H2. The molecular formula is C15H15N3. The Labute approximate surface area is 107 Å². The number of hydrogen-bond acceptors (Lipinski definition) is 3. The molecule has 0 aliphatic rings. The Morgan fingerprint density at radius 1 is 0.722 bits per heavy atom. The van der Waals surface area contributed by atoms with Gasteiger partial charge in [0.2, 0.25) is 0 Å². The Balaban J connectivity index is 0.000000174. The van der Waals surface area contributed by atoms with Crippen molar-refractivity contribution in [2.75, 3.05) is 0 Å². The lowest BCUT2D eigenvalue weighted by Crippen LogP contribution is -1.73. The molecule has 0 unspecified atom stereocenters. The molecule has 2 heterocycles. The molecule has 0 N–H and O–H groups in total. The van der Waals surface area contributed by atoms with Gasteiger partial charge >= 0.3 is 0 Å². The number of fused-ring (bicyclic) bond motifs is 1. The van der Waals surface area contributed by atoms with E-state index in [4.69, 9.17) is 0 Å². The molecule has 0 saturated carbocycles. The van der Waals surface area contributed by atoms with Crippen LogP contribution >= 0.6 is 0 Å². The first-order valence-electron chi connectivity index (χ1n) is 5.46. The van der Waals surface area contributed by atoms with Gasteiger partial charge in [-0.05, 0) is 18.2 Å². The average molecular weight is 237 g/mol. The van der Waals surface area contributed by atoms with E-state index in [2.05, 4.69) is 40.2 Å². The van der Waals surface area contributed by atoms with Gasteiger partial charge in [0.15, 0.2) is 0 Å². The third kappa shape index (κ3) is 4.53. The van der Waals surface area contributed by atoms with Gasteiger partial charge in [0.1, 0.15) is 6.33 Å². The quantitative estimate of drug-likeness (QED) is 0.561. The van der Waals surface area contributed by atoms with Crippen molar-refractivity contribution in [3.05, 3.63) is 80.5 Å². The molecule has 2 aromatic heterocycles. The van der Waals surface area contributed by atoms with Gasteiger partial charge in [0, 0.05) is 24.0 Å².